The predicted molar refractivity (Wildman–Crippen MR) is 71.9 cm³/mol. The molecule has 0 spiro atoms. The molecular weight excluding hydrogens is 280 g/mol. The Balaban J connectivity index is 2.22. The van der Waals surface area contributed by atoms with Crippen molar-refractivity contribution in [1.29, 1.82) is 0 Å². The fraction of sp³-hybridized carbons (Fsp3) is 0.467. The molecule has 1 atom stereocenters. The van der Waals surface area contributed by atoms with Gasteiger partial charge in [-0.3, -0.25) is 9.59 Å². The summed E-state index contributed by atoms with van der Waals surface area (Å²) < 4.78 is 28.6. The van der Waals surface area contributed by atoms with Crippen LogP contribution in [-0.2, 0) is 15.5 Å². The number of benzene rings is 1. The molecule has 1 aliphatic rings. The van der Waals surface area contributed by atoms with E-state index in [1.165, 1.54) is 24.3 Å². The molecule has 0 radical (unpaired) electrons. The van der Waals surface area contributed by atoms with Gasteiger partial charge in [-0.2, -0.15) is 0 Å². The Morgan fingerprint density at radius 2 is 1.86 bits per heavy atom. The topological polar surface area (TPSA) is 66.4 Å². The Hall–Kier alpha value is -1.98. The van der Waals surface area contributed by atoms with Crippen LogP contribution in [0.4, 0.5) is 8.78 Å². The summed E-state index contributed by atoms with van der Waals surface area (Å²) in [7, 11) is 0. The number of hydrogen-bond acceptors (Lipinski definition) is 2. The highest BCUT2D eigenvalue weighted by Crippen LogP contribution is 2.40. The average molecular weight is 297 g/mol. The van der Waals surface area contributed by atoms with Gasteiger partial charge in [-0.25, -0.2) is 8.78 Å². The van der Waals surface area contributed by atoms with Crippen LogP contribution >= 0.6 is 0 Å². The molecule has 1 saturated carbocycles. The zero-order valence-electron chi connectivity index (χ0n) is 11.6. The molecule has 21 heavy (non-hydrogen) atoms. The van der Waals surface area contributed by atoms with E-state index in [2.05, 4.69) is 5.32 Å². The summed E-state index contributed by atoms with van der Waals surface area (Å²) >= 11 is 0. The highest BCUT2D eigenvalue weighted by molar-refractivity contribution is 6.01. The van der Waals surface area contributed by atoms with E-state index in [1.807, 2.05) is 0 Å². The normalized spacial score (nSPS) is 17.9. The fourth-order valence-corrected chi connectivity index (χ4v) is 2.05. The summed E-state index contributed by atoms with van der Waals surface area (Å²) in [4.78, 5) is 23.4. The predicted octanol–water partition coefficient (Wildman–Crippen LogP) is 2.54. The van der Waals surface area contributed by atoms with Gasteiger partial charge < -0.3 is 10.4 Å². The zero-order valence-corrected chi connectivity index (χ0v) is 11.6. The number of halogens is 2. The smallest absolute Gasteiger partial charge is 0.319 e. The lowest BCUT2D eigenvalue weighted by Gasteiger charge is -2.28. The average Bonchev–Trinajstić information content (AvgIpc) is 3.23. The maximum absolute atomic E-state index is 14.3. The van der Waals surface area contributed by atoms with Crippen LogP contribution in [0.25, 0.3) is 0 Å². The maximum Gasteiger partial charge on any atom is 0.319 e. The van der Waals surface area contributed by atoms with Crippen LogP contribution in [0.3, 0.4) is 0 Å². The number of nitrogens with one attached hydrogen (secondary N) is 1. The maximum atomic E-state index is 14.3. The Bertz CT molecular complexity index is 543. The van der Waals surface area contributed by atoms with Gasteiger partial charge in [-0.1, -0.05) is 30.3 Å². The first kappa shape index (κ1) is 15.4. The first-order chi connectivity index (χ1) is 9.75. The second-order valence-electron chi connectivity index (χ2n) is 5.63. The van der Waals surface area contributed by atoms with Crippen LogP contribution in [0.1, 0.15) is 31.7 Å². The molecule has 1 amide bonds. The van der Waals surface area contributed by atoms with Crippen LogP contribution in [0.5, 0.6) is 0 Å². The van der Waals surface area contributed by atoms with Crippen molar-refractivity contribution in [3.8, 4) is 0 Å². The van der Waals surface area contributed by atoms with Crippen LogP contribution < -0.4 is 5.32 Å². The molecule has 0 aromatic heterocycles. The number of carboxylic acids is 1. The van der Waals surface area contributed by atoms with Crippen LogP contribution in [0.2, 0.25) is 0 Å². The number of carboxylic acid groups (broad SMARTS) is 1. The van der Waals surface area contributed by atoms with E-state index in [1.54, 1.807) is 6.07 Å². The highest BCUT2D eigenvalue weighted by Gasteiger charge is 2.51. The molecule has 1 aliphatic carbocycles. The van der Waals surface area contributed by atoms with Crippen molar-refractivity contribution in [3.05, 3.63) is 35.9 Å². The molecule has 1 aromatic rings. The van der Waals surface area contributed by atoms with Crippen molar-refractivity contribution >= 4 is 11.9 Å². The molecule has 0 heterocycles. The standard InChI is InChI=1S/C15H17F2NO3/c1-14(13(20)21,12(19)18-11-7-8-11)9-15(16,17)10-5-3-2-4-6-10/h2-6,11H,7-9H2,1H3,(H,18,19)(H,20,21). The lowest BCUT2D eigenvalue weighted by atomic mass is 9.81. The van der Waals surface area contributed by atoms with E-state index in [-0.39, 0.29) is 11.6 Å². The molecule has 114 valence electrons. The summed E-state index contributed by atoms with van der Waals surface area (Å²) in [6, 6.07) is 6.86. The molecule has 4 nitrogen and oxygen atoms in total. The third kappa shape index (κ3) is 3.37. The van der Waals surface area contributed by atoms with E-state index in [9.17, 15) is 23.5 Å². The van der Waals surface area contributed by atoms with Gasteiger partial charge in [0.25, 0.3) is 5.92 Å². The lowest BCUT2D eigenvalue weighted by molar-refractivity contribution is -0.162. The first-order valence-corrected chi connectivity index (χ1v) is 6.73. The number of carbonyl (C=O) groups is 2. The Labute approximate surface area is 121 Å². The number of hydrogen-bond donors (Lipinski definition) is 2. The SMILES string of the molecule is CC(CC(F)(F)c1ccccc1)(C(=O)O)C(=O)NC1CC1. The van der Waals surface area contributed by atoms with E-state index < -0.39 is 29.6 Å². The van der Waals surface area contributed by atoms with Crippen molar-refractivity contribution in [2.24, 2.45) is 5.41 Å². The third-order valence-electron chi connectivity index (χ3n) is 3.66. The molecule has 0 aliphatic heterocycles. The quantitative estimate of drug-likeness (QED) is 0.793. The lowest BCUT2D eigenvalue weighted by Crippen LogP contribution is -2.47. The fourth-order valence-electron chi connectivity index (χ4n) is 2.05. The van der Waals surface area contributed by atoms with E-state index >= 15 is 0 Å². The molecule has 1 aromatic carbocycles. The molecule has 2 N–H and O–H groups in total. The summed E-state index contributed by atoms with van der Waals surface area (Å²) in [6.07, 6.45) is 0.449. The molecule has 0 saturated heterocycles. The first-order valence-electron chi connectivity index (χ1n) is 6.73. The van der Waals surface area contributed by atoms with Gasteiger partial charge in [0.1, 0.15) is 5.41 Å². The minimum atomic E-state index is -3.39. The summed E-state index contributed by atoms with van der Waals surface area (Å²) in [5.41, 5.74) is -2.46. The van der Waals surface area contributed by atoms with Crippen molar-refractivity contribution in [3.63, 3.8) is 0 Å². The monoisotopic (exact) mass is 297 g/mol. The van der Waals surface area contributed by atoms with E-state index in [0.29, 0.717) is 0 Å². The van der Waals surface area contributed by atoms with Crippen LogP contribution in [0.15, 0.2) is 30.3 Å². The number of alkyl halides is 2. The van der Waals surface area contributed by atoms with Crippen molar-refractivity contribution in [2.75, 3.05) is 0 Å². The second-order valence-corrected chi connectivity index (χ2v) is 5.63. The number of carbonyl (C=O) groups excluding carboxylic acids is 1. The van der Waals surface area contributed by atoms with Gasteiger partial charge in [-0.15, -0.1) is 0 Å². The summed E-state index contributed by atoms with van der Waals surface area (Å²) in [5.74, 6) is -5.79. The molecule has 1 unspecified atom stereocenters. The van der Waals surface area contributed by atoms with Gasteiger partial charge in [0, 0.05) is 18.0 Å². The minimum absolute atomic E-state index is 0.0819. The van der Waals surface area contributed by atoms with Crippen molar-refractivity contribution < 1.29 is 23.5 Å². The van der Waals surface area contributed by atoms with Gasteiger partial charge in [0.15, 0.2) is 0 Å². The van der Waals surface area contributed by atoms with Gasteiger partial charge in [0.2, 0.25) is 5.91 Å². The number of aliphatic carboxylic acids is 1. The molecular formula is C15H17F2NO3. The van der Waals surface area contributed by atoms with E-state index in [0.717, 1.165) is 19.8 Å². The highest BCUT2D eigenvalue weighted by atomic mass is 19.3. The number of amides is 1. The van der Waals surface area contributed by atoms with Crippen molar-refractivity contribution in [1.82, 2.24) is 5.32 Å². The number of rotatable bonds is 6. The molecule has 6 heteroatoms. The van der Waals surface area contributed by atoms with Gasteiger partial charge in [-0.05, 0) is 19.8 Å². The largest absolute Gasteiger partial charge is 0.480 e. The van der Waals surface area contributed by atoms with Crippen LogP contribution in [-0.4, -0.2) is 23.0 Å². The van der Waals surface area contributed by atoms with Gasteiger partial charge >= 0.3 is 5.97 Å². The Morgan fingerprint density at radius 1 is 1.29 bits per heavy atom. The molecule has 0 bridgehead atoms. The van der Waals surface area contributed by atoms with Crippen molar-refractivity contribution in [2.45, 2.75) is 38.2 Å². The minimum Gasteiger partial charge on any atom is -0.480 e. The van der Waals surface area contributed by atoms with E-state index in [4.69, 9.17) is 0 Å². The second kappa shape index (κ2) is 5.42. The van der Waals surface area contributed by atoms with Gasteiger partial charge in [0.05, 0.1) is 0 Å². The van der Waals surface area contributed by atoms with Crippen LogP contribution in [0, 0.1) is 5.41 Å². The Morgan fingerprint density at radius 3 is 2.33 bits per heavy atom. The molecule has 2 rings (SSSR count). The summed E-state index contributed by atoms with van der Waals surface area (Å²) in [5, 5.41) is 11.7. The molecule has 1 fully saturated rings. The zero-order chi connectivity index (χ0) is 15.7. The summed E-state index contributed by atoms with van der Waals surface area (Å²) in [6.45, 7) is 1.05. The third-order valence-corrected chi connectivity index (χ3v) is 3.66. The Kier molecular flexibility index (Phi) is 3.98.